The molecule has 0 rings (SSSR count). The SMILES string of the molecule is CC=CC(CNC)NC. The van der Waals surface area contributed by atoms with Crippen molar-refractivity contribution in [2.45, 2.75) is 13.0 Å². The van der Waals surface area contributed by atoms with Crippen LogP contribution in [0.5, 0.6) is 0 Å². The maximum atomic E-state index is 3.15. The lowest BCUT2D eigenvalue weighted by Gasteiger charge is -2.09. The van der Waals surface area contributed by atoms with Gasteiger partial charge in [-0.1, -0.05) is 12.2 Å². The molecule has 0 saturated heterocycles. The van der Waals surface area contributed by atoms with Crippen molar-refractivity contribution in [3.63, 3.8) is 0 Å². The van der Waals surface area contributed by atoms with Crippen LogP contribution in [0.2, 0.25) is 0 Å². The Morgan fingerprint density at radius 1 is 1.44 bits per heavy atom. The number of allylic oxidation sites excluding steroid dienone is 1. The summed E-state index contributed by atoms with van der Waals surface area (Å²) in [6.07, 6.45) is 4.19. The van der Waals surface area contributed by atoms with E-state index in [1.807, 2.05) is 21.0 Å². The van der Waals surface area contributed by atoms with Crippen LogP contribution in [0.1, 0.15) is 6.92 Å². The van der Waals surface area contributed by atoms with Crippen molar-refractivity contribution in [1.29, 1.82) is 0 Å². The first-order chi connectivity index (χ1) is 4.35. The van der Waals surface area contributed by atoms with Crippen molar-refractivity contribution in [2.75, 3.05) is 20.6 Å². The average molecular weight is 128 g/mol. The first-order valence-corrected chi connectivity index (χ1v) is 3.29. The zero-order chi connectivity index (χ0) is 7.11. The molecule has 0 aromatic rings. The summed E-state index contributed by atoms with van der Waals surface area (Å²) in [6.45, 7) is 3.01. The van der Waals surface area contributed by atoms with Gasteiger partial charge in [0.05, 0.1) is 0 Å². The summed E-state index contributed by atoms with van der Waals surface area (Å²) < 4.78 is 0. The third-order valence-corrected chi connectivity index (χ3v) is 1.22. The maximum absolute atomic E-state index is 3.15. The standard InChI is InChI=1S/C7H16N2/c1-4-5-7(9-3)6-8-2/h4-5,7-9H,6H2,1-3H3. The smallest absolute Gasteiger partial charge is 0.0373 e. The minimum absolute atomic E-state index is 0.472. The van der Waals surface area contributed by atoms with Crippen molar-refractivity contribution < 1.29 is 0 Å². The van der Waals surface area contributed by atoms with Crippen molar-refractivity contribution in [3.05, 3.63) is 12.2 Å². The quantitative estimate of drug-likeness (QED) is 0.534. The second-order valence-corrected chi connectivity index (χ2v) is 1.98. The minimum Gasteiger partial charge on any atom is -0.318 e. The van der Waals surface area contributed by atoms with E-state index in [0.29, 0.717) is 6.04 Å². The van der Waals surface area contributed by atoms with Crippen LogP contribution in [-0.4, -0.2) is 26.7 Å². The molecule has 0 aliphatic heterocycles. The predicted molar refractivity (Wildman–Crippen MR) is 41.6 cm³/mol. The number of nitrogens with one attached hydrogen (secondary N) is 2. The molecule has 0 bridgehead atoms. The lowest BCUT2D eigenvalue weighted by molar-refractivity contribution is 0.618. The van der Waals surface area contributed by atoms with Crippen LogP contribution in [0, 0.1) is 0 Å². The van der Waals surface area contributed by atoms with Gasteiger partial charge in [-0.05, 0) is 21.0 Å². The average Bonchev–Trinajstić information content (AvgIpc) is 1.88. The lowest BCUT2D eigenvalue weighted by atomic mass is 10.3. The molecule has 1 unspecified atom stereocenters. The van der Waals surface area contributed by atoms with E-state index < -0.39 is 0 Å². The van der Waals surface area contributed by atoms with E-state index in [-0.39, 0.29) is 0 Å². The van der Waals surface area contributed by atoms with Gasteiger partial charge in [-0.3, -0.25) is 0 Å². The number of likely N-dealkylation sites (N-methyl/N-ethyl adjacent to an activating group) is 2. The highest BCUT2D eigenvalue weighted by molar-refractivity contribution is 4.91. The molecule has 0 aromatic heterocycles. The molecule has 0 amide bonds. The second-order valence-electron chi connectivity index (χ2n) is 1.98. The van der Waals surface area contributed by atoms with Crippen molar-refractivity contribution >= 4 is 0 Å². The minimum atomic E-state index is 0.472. The molecule has 54 valence electrons. The molecule has 2 heteroatoms. The van der Waals surface area contributed by atoms with Crippen molar-refractivity contribution in [2.24, 2.45) is 0 Å². The number of hydrogen-bond donors (Lipinski definition) is 2. The number of rotatable bonds is 4. The summed E-state index contributed by atoms with van der Waals surface area (Å²) >= 11 is 0. The van der Waals surface area contributed by atoms with E-state index in [9.17, 15) is 0 Å². The fourth-order valence-corrected chi connectivity index (χ4v) is 0.719. The van der Waals surface area contributed by atoms with Crippen LogP contribution >= 0.6 is 0 Å². The molecule has 0 aromatic carbocycles. The highest BCUT2D eigenvalue weighted by Crippen LogP contribution is 1.81. The molecule has 0 heterocycles. The summed E-state index contributed by atoms with van der Waals surface area (Å²) in [7, 11) is 3.91. The van der Waals surface area contributed by atoms with Gasteiger partial charge >= 0.3 is 0 Å². The van der Waals surface area contributed by atoms with Gasteiger partial charge in [0.15, 0.2) is 0 Å². The van der Waals surface area contributed by atoms with Gasteiger partial charge in [0.2, 0.25) is 0 Å². The molecule has 2 nitrogen and oxygen atoms in total. The summed E-state index contributed by atoms with van der Waals surface area (Å²) in [4.78, 5) is 0. The van der Waals surface area contributed by atoms with Gasteiger partial charge in [-0.15, -0.1) is 0 Å². The monoisotopic (exact) mass is 128 g/mol. The Kier molecular flexibility index (Phi) is 5.57. The van der Waals surface area contributed by atoms with E-state index in [4.69, 9.17) is 0 Å². The fourth-order valence-electron chi connectivity index (χ4n) is 0.719. The summed E-state index contributed by atoms with van der Waals surface area (Å²) in [6, 6.07) is 0.472. The van der Waals surface area contributed by atoms with Gasteiger partial charge in [-0.2, -0.15) is 0 Å². The molecular weight excluding hydrogens is 112 g/mol. The third-order valence-electron chi connectivity index (χ3n) is 1.22. The Balaban J connectivity index is 3.41. The summed E-state index contributed by atoms with van der Waals surface area (Å²) in [5, 5.41) is 6.24. The van der Waals surface area contributed by atoms with E-state index in [0.717, 1.165) is 6.54 Å². The maximum Gasteiger partial charge on any atom is 0.0373 e. The van der Waals surface area contributed by atoms with E-state index >= 15 is 0 Å². The largest absolute Gasteiger partial charge is 0.318 e. The molecule has 0 spiro atoms. The zero-order valence-corrected chi connectivity index (χ0v) is 6.44. The van der Waals surface area contributed by atoms with Crippen LogP contribution in [-0.2, 0) is 0 Å². The summed E-state index contributed by atoms with van der Waals surface area (Å²) in [5.41, 5.74) is 0. The Morgan fingerprint density at radius 2 is 2.11 bits per heavy atom. The molecule has 2 N–H and O–H groups in total. The van der Waals surface area contributed by atoms with Gasteiger partial charge < -0.3 is 10.6 Å². The van der Waals surface area contributed by atoms with E-state index in [1.165, 1.54) is 0 Å². The van der Waals surface area contributed by atoms with E-state index in [1.54, 1.807) is 0 Å². The van der Waals surface area contributed by atoms with Gasteiger partial charge in [0.25, 0.3) is 0 Å². The first kappa shape index (κ1) is 8.66. The van der Waals surface area contributed by atoms with Crippen LogP contribution in [0.25, 0.3) is 0 Å². The fraction of sp³-hybridized carbons (Fsp3) is 0.714. The van der Waals surface area contributed by atoms with Crippen molar-refractivity contribution in [1.82, 2.24) is 10.6 Å². The zero-order valence-electron chi connectivity index (χ0n) is 6.44. The molecule has 0 fully saturated rings. The topological polar surface area (TPSA) is 24.1 Å². The van der Waals surface area contributed by atoms with Crippen LogP contribution in [0.3, 0.4) is 0 Å². The number of hydrogen-bond acceptors (Lipinski definition) is 2. The predicted octanol–water partition coefficient (Wildman–Crippen LogP) is 0.370. The summed E-state index contributed by atoms with van der Waals surface area (Å²) in [5.74, 6) is 0. The van der Waals surface area contributed by atoms with Gasteiger partial charge in [-0.25, -0.2) is 0 Å². The molecule has 0 saturated carbocycles. The Morgan fingerprint density at radius 3 is 2.44 bits per heavy atom. The molecule has 0 aliphatic rings. The highest BCUT2D eigenvalue weighted by Gasteiger charge is 1.95. The molecule has 1 atom stereocenters. The Bertz CT molecular complexity index is 79.0. The molecular formula is C7H16N2. The van der Waals surface area contributed by atoms with Crippen LogP contribution in [0.4, 0.5) is 0 Å². The second kappa shape index (κ2) is 5.79. The lowest BCUT2D eigenvalue weighted by Crippen LogP contribution is -2.32. The van der Waals surface area contributed by atoms with Crippen molar-refractivity contribution in [3.8, 4) is 0 Å². The van der Waals surface area contributed by atoms with Crippen LogP contribution < -0.4 is 10.6 Å². The third kappa shape index (κ3) is 4.18. The normalized spacial score (nSPS) is 14.6. The molecule has 9 heavy (non-hydrogen) atoms. The Hall–Kier alpha value is -0.340. The molecule has 0 radical (unpaired) electrons. The highest BCUT2D eigenvalue weighted by atomic mass is 14.9. The van der Waals surface area contributed by atoms with E-state index in [2.05, 4.69) is 22.8 Å². The van der Waals surface area contributed by atoms with Crippen LogP contribution in [0.15, 0.2) is 12.2 Å². The molecule has 0 aliphatic carbocycles. The first-order valence-electron chi connectivity index (χ1n) is 3.29. The Labute approximate surface area is 57.3 Å². The van der Waals surface area contributed by atoms with Gasteiger partial charge in [0, 0.05) is 12.6 Å². The van der Waals surface area contributed by atoms with Gasteiger partial charge in [0.1, 0.15) is 0 Å².